The molecule has 9 heteroatoms. The number of nitrogens with one attached hydrogen (secondary N) is 1. The summed E-state index contributed by atoms with van der Waals surface area (Å²) in [5.41, 5.74) is 6.44. The molecule has 1 saturated heterocycles. The molecule has 0 spiro atoms. The second-order valence-corrected chi connectivity index (χ2v) is 12.6. The number of imidazole rings is 1. The SMILES string of the molecule is Cc1cc(C)cc(Nc2nccc(-c3c(-c4ccc(I)cc4)ncn3C3CCN(C(=O)OC(C)(C)C)CC3)n2)c1. The zero-order valence-corrected chi connectivity index (χ0v) is 25.8. The molecule has 1 aliphatic rings. The summed E-state index contributed by atoms with van der Waals surface area (Å²) in [5.74, 6) is 0.531. The van der Waals surface area contributed by atoms with Crippen molar-refractivity contribution in [3.05, 3.63) is 75.8 Å². The normalized spacial score (nSPS) is 14.3. The highest BCUT2D eigenvalue weighted by Crippen LogP contribution is 2.36. The third-order valence-electron chi connectivity index (χ3n) is 6.80. The Morgan fingerprint density at radius 2 is 1.68 bits per heavy atom. The fraction of sp³-hybridized carbons (Fsp3) is 0.355. The minimum Gasteiger partial charge on any atom is -0.444 e. The highest BCUT2D eigenvalue weighted by molar-refractivity contribution is 14.1. The van der Waals surface area contributed by atoms with Gasteiger partial charge < -0.3 is 19.5 Å². The van der Waals surface area contributed by atoms with E-state index in [0.29, 0.717) is 19.0 Å². The van der Waals surface area contributed by atoms with E-state index < -0.39 is 5.60 Å². The van der Waals surface area contributed by atoms with Gasteiger partial charge in [0.2, 0.25) is 5.95 Å². The number of rotatable bonds is 5. The molecule has 40 heavy (non-hydrogen) atoms. The van der Waals surface area contributed by atoms with E-state index in [-0.39, 0.29) is 12.1 Å². The molecule has 3 heterocycles. The van der Waals surface area contributed by atoms with Crippen molar-refractivity contribution in [1.29, 1.82) is 0 Å². The molecular weight excluding hydrogens is 615 g/mol. The smallest absolute Gasteiger partial charge is 0.410 e. The summed E-state index contributed by atoms with van der Waals surface area (Å²) in [4.78, 5) is 28.8. The zero-order chi connectivity index (χ0) is 28.4. The van der Waals surface area contributed by atoms with Gasteiger partial charge in [-0.25, -0.2) is 19.7 Å². The van der Waals surface area contributed by atoms with Crippen LogP contribution in [-0.2, 0) is 4.74 Å². The molecule has 208 valence electrons. The minimum absolute atomic E-state index is 0.171. The summed E-state index contributed by atoms with van der Waals surface area (Å²) in [6.45, 7) is 11.1. The summed E-state index contributed by atoms with van der Waals surface area (Å²) < 4.78 is 8.99. The number of carbonyl (C=O) groups is 1. The summed E-state index contributed by atoms with van der Waals surface area (Å²) in [6.07, 6.45) is 5.04. The molecule has 1 N–H and O–H groups in total. The third-order valence-corrected chi connectivity index (χ3v) is 7.52. The van der Waals surface area contributed by atoms with Crippen LogP contribution >= 0.6 is 22.6 Å². The Morgan fingerprint density at radius 3 is 2.33 bits per heavy atom. The quantitative estimate of drug-likeness (QED) is 0.225. The molecule has 0 radical (unpaired) electrons. The number of nitrogens with zero attached hydrogens (tertiary/aromatic N) is 5. The fourth-order valence-electron chi connectivity index (χ4n) is 5.09. The summed E-state index contributed by atoms with van der Waals surface area (Å²) in [7, 11) is 0. The standard InChI is InChI=1S/C31H35IN6O2/c1-20-16-21(2)18-24(17-20)35-29-33-13-10-26(36-29)28-27(22-6-8-23(32)9-7-22)34-19-38(28)25-11-14-37(15-12-25)30(39)40-31(3,4)5/h6-10,13,16-19,25H,11-12,14-15H2,1-5H3,(H,33,35,36). The van der Waals surface area contributed by atoms with Gasteiger partial charge in [0.05, 0.1) is 23.4 Å². The number of amides is 1. The monoisotopic (exact) mass is 650 g/mol. The van der Waals surface area contributed by atoms with Crippen LogP contribution < -0.4 is 5.32 Å². The van der Waals surface area contributed by atoms with Crippen molar-refractivity contribution in [2.75, 3.05) is 18.4 Å². The summed E-state index contributed by atoms with van der Waals surface area (Å²) in [6, 6.07) is 16.8. The lowest BCUT2D eigenvalue weighted by Gasteiger charge is -2.34. The highest BCUT2D eigenvalue weighted by Gasteiger charge is 2.30. The number of hydrogen-bond donors (Lipinski definition) is 1. The number of piperidine rings is 1. The van der Waals surface area contributed by atoms with Gasteiger partial charge in [-0.1, -0.05) is 18.2 Å². The van der Waals surface area contributed by atoms with E-state index in [9.17, 15) is 4.79 Å². The van der Waals surface area contributed by atoms with E-state index >= 15 is 0 Å². The van der Waals surface area contributed by atoms with Gasteiger partial charge in [-0.05, 0) is 112 Å². The molecule has 0 unspecified atom stereocenters. The first kappa shape index (κ1) is 28.1. The zero-order valence-electron chi connectivity index (χ0n) is 23.6. The molecular formula is C31H35IN6O2. The van der Waals surface area contributed by atoms with Crippen molar-refractivity contribution in [2.45, 2.75) is 59.1 Å². The lowest BCUT2D eigenvalue weighted by molar-refractivity contribution is 0.0189. The van der Waals surface area contributed by atoms with Gasteiger partial charge in [-0.3, -0.25) is 0 Å². The molecule has 0 atom stereocenters. The lowest BCUT2D eigenvalue weighted by atomic mass is 10.0. The van der Waals surface area contributed by atoms with Crippen LogP contribution in [0.1, 0.15) is 50.8 Å². The Kier molecular flexibility index (Phi) is 8.11. The van der Waals surface area contributed by atoms with Crippen molar-refractivity contribution in [3.63, 3.8) is 0 Å². The third kappa shape index (κ3) is 6.63. The summed E-state index contributed by atoms with van der Waals surface area (Å²) >= 11 is 2.31. The first-order valence-electron chi connectivity index (χ1n) is 13.6. The Labute approximate surface area is 249 Å². The molecule has 0 bridgehead atoms. The van der Waals surface area contributed by atoms with Gasteiger partial charge in [0.15, 0.2) is 0 Å². The molecule has 8 nitrogen and oxygen atoms in total. The molecule has 1 amide bonds. The maximum Gasteiger partial charge on any atom is 0.410 e. The predicted molar refractivity (Wildman–Crippen MR) is 167 cm³/mol. The van der Waals surface area contributed by atoms with Gasteiger partial charge in [-0.15, -0.1) is 0 Å². The van der Waals surface area contributed by atoms with Gasteiger partial charge in [0, 0.05) is 40.1 Å². The van der Waals surface area contributed by atoms with Crippen molar-refractivity contribution in [2.24, 2.45) is 0 Å². The second kappa shape index (κ2) is 11.6. The Balaban J connectivity index is 1.47. The molecule has 1 aliphatic heterocycles. The van der Waals surface area contributed by atoms with Gasteiger partial charge in [0.25, 0.3) is 0 Å². The van der Waals surface area contributed by atoms with Crippen molar-refractivity contribution in [3.8, 4) is 22.6 Å². The fourth-order valence-corrected chi connectivity index (χ4v) is 5.45. The van der Waals surface area contributed by atoms with Crippen LogP contribution in [0.5, 0.6) is 0 Å². The number of aryl methyl sites for hydroxylation is 2. The van der Waals surface area contributed by atoms with Crippen molar-refractivity contribution in [1.82, 2.24) is 24.4 Å². The average Bonchev–Trinajstić information content (AvgIpc) is 3.33. The Bertz CT molecular complexity index is 1480. The lowest BCUT2D eigenvalue weighted by Crippen LogP contribution is -2.42. The average molecular weight is 651 g/mol. The van der Waals surface area contributed by atoms with Crippen molar-refractivity contribution >= 4 is 40.3 Å². The molecule has 1 fully saturated rings. The molecule has 0 saturated carbocycles. The first-order valence-corrected chi connectivity index (χ1v) is 14.6. The van der Waals surface area contributed by atoms with E-state index in [1.807, 2.05) is 33.2 Å². The van der Waals surface area contributed by atoms with Crippen LogP contribution in [0.3, 0.4) is 0 Å². The Morgan fingerprint density at radius 1 is 1.00 bits per heavy atom. The number of ether oxygens (including phenoxy) is 1. The number of hydrogen-bond acceptors (Lipinski definition) is 6. The van der Waals surface area contributed by atoms with Crippen LogP contribution in [0.15, 0.2) is 61.1 Å². The predicted octanol–water partition coefficient (Wildman–Crippen LogP) is 7.54. The molecule has 2 aromatic carbocycles. The van der Waals surface area contributed by atoms with E-state index in [1.165, 1.54) is 14.7 Å². The van der Waals surface area contributed by atoms with Gasteiger partial charge in [-0.2, -0.15) is 0 Å². The van der Waals surface area contributed by atoms with E-state index in [2.05, 4.69) is 93.8 Å². The summed E-state index contributed by atoms with van der Waals surface area (Å²) in [5, 5.41) is 3.38. The number of benzene rings is 2. The first-order chi connectivity index (χ1) is 19.1. The maximum atomic E-state index is 12.7. The van der Waals surface area contributed by atoms with Gasteiger partial charge in [0.1, 0.15) is 5.60 Å². The van der Waals surface area contributed by atoms with E-state index in [1.54, 1.807) is 11.1 Å². The van der Waals surface area contributed by atoms with Crippen LogP contribution in [0, 0.1) is 17.4 Å². The largest absolute Gasteiger partial charge is 0.444 e. The second-order valence-electron chi connectivity index (χ2n) is 11.3. The van der Waals surface area contributed by atoms with Crippen LogP contribution in [-0.4, -0.2) is 49.2 Å². The Hall–Kier alpha value is -3.47. The molecule has 4 aromatic rings. The number of aromatic nitrogens is 4. The van der Waals surface area contributed by atoms with E-state index in [4.69, 9.17) is 14.7 Å². The number of likely N-dealkylation sites (tertiary alicyclic amines) is 1. The van der Waals surface area contributed by atoms with Crippen molar-refractivity contribution < 1.29 is 9.53 Å². The highest BCUT2D eigenvalue weighted by atomic mass is 127. The van der Waals surface area contributed by atoms with Crippen LogP contribution in [0.2, 0.25) is 0 Å². The molecule has 0 aliphatic carbocycles. The van der Waals surface area contributed by atoms with E-state index in [0.717, 1.165) is 41.2 Å². The molecule has 5 rings (SSSR count). The number of carbonyl (C=O) groups excluding carboxylic acids is 1. The van der Waals surface area contributed by atoms with Crippen LogP contribution in [0.4, 0.5) is 16.4 Å². The number of halogens is 1. The minimum atomic E-state index is -0.510. The maximum absolute atomic E-state index is 12.7. The topological polar surface area (TPSA) is 85.2 Å². The van der Waals surface area contributed by atoms with Crippen LogP contribution in [0.25, 0.3) is 22.6 Å². The number of anilines is 2. The van der Waals surface area contributed by atoms with Gasteiger partial charge >= 0.3 is 6.09 Å². The molecule has 2 aromatic heterocycles.